The van der Waals surface area contributed by atoms with Gasteiger partial charge in [0, 0.05) is 26.2 Å². The van der Waals surface area contributed by atoms with Crippen molar-refractivity contribution in [3.8, 4) is 5.75 Å². The molecule has 0 saturated carbocycles. The van der Waals surface area contributed by atoms with E-state index in [4.69, 9.17) is 9.47 Å². The van der Waals surface area contributed by atoms with E-state index >= 15 is 0 Å². The second-order valence-corrected chi connectivity index (χ2v) is 8.20. The lowest BCUT2D eigenvalue weighted by molar-refractivity contribution is 0.0137. The molecule has 7 nitrogen and oxygen atoms in total. The van der Waals surface area contributed by atoms with E-state index in [1.165, 1.54) is 5.56 Å². The number of fused-ring (bicyclic) bond motifs is 1. The lowest BCUT2D eigenvalue weighted by atomic mass is 10.1. The van der Waals surface area contributed by atoms with E-state index in [0.29, 0.717) is 26.2 Å². The first-order chi connectivity index (χ1) is 13.4. The predicted octanol–water partition coefficient (Wildman–Crippen LogP) is 3.13. The number of halogens is 1. The van der Waals surface area contributed by atoms with Gasteiger partial charge < -0.3 is 24.6 Å². The SMILES string of the molecule is CCOc1cccc(CCNC2=NCC3CN(C(=O)OC(C)(C)C)CCN23)c1.I. The van der Waals surface area contributed by atoms with Crippen molar-refractivity contribution in [3.05, 3.63) is 29.8 Å². The lowest BCUT2D eigenvalue weighted by Gasteiger charge is -2.39. The Morgan fingerprint density at radius 3 is 2.83 bits per heavy atom. The van der Waals surface area contributed by atoms with Gasteiger partial charge in [0.25, 0.3) is 0 Å². The third kappa shape index (κ3) is 6.65. The van der Waals surface area contributed by atoms with E-state index in [9.17, 15) is 4.79 Å². The minimum atomic E-state index is -0.466. The fourth-order valence-electron chi connectivity index (χ4n) is 3.50. The zero-order chi connectivity index (χ0) is 20.1. The molecule has 2 aliphatic rings. The molecule has 0 aliphatic carbocycles. The van der Waals surface area contributed by atoms with Gasteiger partial charge in [0.1, 0.15) is 11.4 Å². The molecule has 1 aromatic carbocycles. The molecule has 0 aromatic heterocycles. The Morgan fingerprint density at radius 1 is 1.31 bits per heavy atom. The highest BCUT2D eigenvalue weighted by Gasteiger charge is 2.36. The van der Waals surface area contributed by atoms with Crippen molar-refractivity contribution in [2.75, 3.05) is 39.3 Å². The number of hydrogen-bond acceptors (Lipinski definition) is 6. The van der Waals surface area contributed by atoms with Crippen LogP contribution >= 0.6 is 24.0 Å². The van der Waals surface area contributed by atoms with Crippen LogP contribution < -0.4 is 10.1 Å². The van der Waals surface area contributed by atoms with Gasteiger partial charge >= 0.3 is 6.09 Å². The van der Waals surface area contributed by atoms with Gasteiger partial charge in [0.2, 0.25) is 0 Å². The number of hydrogen-bond donors (Lipinski definition) is 1. The maximum atomic E-state index is 12.3. The van der Waals surface area contributed by atoms with Crippen LogP contribution in [0.3, 0.4) is 0 Å². The minimum absolute atomic E-state index is 0. The average molecular weight is 516 g/mol. The topological polar surface area (TPSA) is 66.4 Å². The number of ether oxygens (including phenoxy) is 2. The number of nitrogens with zero attached hydrogens (tertiary/aromatic N) is 3. The van der Waals surface area contributed by atoms with E-state index in [2.05, 4.69) is 27.3 Å². The van der Waals surface area contributed by atoms with E-state index < -0.39 is 5.60 Å². The second-order valence-electron chi connectivity index (χ2n) is 8.20. The van der Waals surface area contributed by atoms with Crippen LogP contribution in [-0.4, -0.2) is 72.8 Å². The standard InChI is InChI=1S/C21H32N4O3.HI/c1-5-27-18-8-6-7-16(13-18)9-10-22-19-23-14-17-15-24(11-12-25(17)19)20(26)28-21(2,3)4;/h6-8,13,17H,5,9-12,14-15H2,1-4H3,(H,22,23);1H. The Hall–Kier alpha value is -1.71. The van der Waals surface area contributed by atoms with Crippen molar-refractivity contribution >= 4 is 36.0 Å². The molecule has 0 spiro atoms. The molecule has 1 atom stereocenters. The van der Waals surface area contributed by atoms with Gasteiger partial charge in [-0.1, -0.05) is 12.1 Å². The van der Waals surface area contributed by atoms with E-state index in [1.54, 1.807) is 4.90 Å². The summed E-state index contributed by atoms with van der Waals surface area (Å²) in [6, 6.07) is 8.44. The first-order valence-corrected chi connectivity index (χ1v) is 10.1. The van der Waals surface area contributed by atoms with Crippen molar-refractivity contribution in [1.29, 1.82) is 0 Å². The Bertz CT molecular complexity index is 720. The summed E-state index contributed by atoms with van der Waals surface area (Å²) >= 11 is 0. The molecule has 1 aromatic rings. The summed E-state index contributed by atoms with van der Waals surface area (Å²) in [5.41, 5.74) is 0.774. The summed E-state index contributed by atoms with van der Waals surface area (Å²) in [4.78, 5) is 21.0. The monoisotopic (exact) mass is 516 g/mol. The highest BCUT2D eigenvalue weighted by molar-refractivity contribution is 14.0. The first kappa shape index (κ1) is 23.6. The van der Waals surface area contributed by atoms with Crippen molar-refractivity contribution < 1.29 is 14.3 Å². The molecule has 1 saturated heterocycles. The Morgan fingerprint density at radius 2 is 2.10 bits per heavy atom. The Kier molecular flexibility index (Phi) is 8.42. The Labute approximate surface area is 190 Å². The van der Waals surface area contributed by atoms with Gasteiger partial charge in [-0.05, 0) is 51.8 Å². The van der Waals surface area contributed by atoms with Gasteiger partial charge in [-0.25, -0.2) is 4.79 Å². The third-order valence-electron chi connectivity index (χ3n) is 4.76. The van der Waals surface area contributed by atoms with E-state index in [0.717, 1.165) is 31.2 Å². The van der Waals surface area contributed by atoms with Crippen molar-refractivity contribution in [2.24, 2.45) is 4.99 Å². The number of benzene rings is 1. The molecule has 29 heavy (non-hydrogen) atoms. The van der Waals surface area contributed by atoms with Crippen LogP contribution in [0.1, 0.15) is 33.3 Å². The molecule has 3 rings (SSSR count). The van der Waals surface area contributed by atoms with Crippen molar-refractivity contribution in [2.45, 2.75) is 45.8 Å². The summed E-state index contributed by atoms with van der Waals surface area (Å²) < 4.78 is 11.1. The normalized spacial score (nSPS) is 18.5. The highest BCUT2D eigenvalue weighted by atomic mass is 127. The van der Waals surface area contributed by atoms with Gasteiger partial charge in [0.15, 0.2) is 5.96 Å². The molecule has 162 valence electrons. The first-order valence-electron chi connectivity index (χ1n) is 10.1. The largest absolute Gasteiger partial charge is 0.494 e. The average Bonchev–Trinajstić information content (AvgIpc) is 3.03. The van der Waals surface area contributed by atoms with Crippen molar-refractivity contribution in [3.63, 3.8) is 0 Å². The maximum Gasteiger partial charge on any atom is 0.410 e. The fourth-order valence-corrected chi connectivity index (χ4v) is 3.50. The summed E-state index contributed by atoms with van der Waals surface area (Å²) in [6.45, 7) is 12.0. The summed E-state index contributed by atoms with van der Waals surface area (Å²) in [7, 11) is 0. The number of rotatable bonds is 5. The summed E-state index contributed by atoms with van der Waals surface area (Å²) in [5.74, 6) is 1.85. The Balaban J connectivity index is 0.00000300. The molecule has 0 radical (unpaired) electrons. The minimum Gasteiger partial charge on any atom is -0.494 e. The van der Waals surface area contributed by atoms with Crippen molar-refractivity contribution in [1.82, 2.24) is 15.1 Å². The van der Waals surface area contributed by atoms with Gasteiger partial charge in [0.05, 0.1) is 19.2 Å². The lowest BCUT2D eigenvalue weighted by Crippen LogP contribution is -2.57. The highest BCUT2D eigenvalue weighted by Crippen LogP contribution is 2.19. The number of carbonyl (C=O) groups excluding carboxylic acids is 1. The van der Waals surface area contributed by atoms with Crippen LogP contribution in [0.4, 0.5) is 4.79 Å². The number of piperazine rings is 1. The number of carbonyl (C=O) groups is 1. The molecule has 8 heteroatoms. The molecule has 1 amide bonds. The number of nitrogens with one attached hydrogen (secondary N) is 1. The second kappa shape index (κ2) is 10.4. The quantitative estimate of drug-likeness (QED) is 0.610. The van der Waals surface area contributed by atoms with Crippen LogP contribution in [0.5, 0.6) is 5.75 Å². The molecule has 1 unspecified atom stereocenters. The van der Waals surface area contributed by atoms with Crippen LogP contribution in [-0.2, 0) is 11.2 Å². The number of guanidine groups is 1. The van der Waals surface area contributed by atoms with E-state index in [-0.39, 0.29) is 36.1 Å². The molecular weight excluding hydrogens is 483 g/mol. The predicted molar refractivity (Wildman–Crippen MR) is 125 cm³/mol. The number of amides is 1. The van der Waals surface area contributed by atoms with Gasteiger partial charge in [-0.15, -0.1) is 24.0 Å². The molecule has 2 aliphatic heterocycles. The van der Waals surface area contributed by atoms with Gasteiger partial charge in [-0.2, -0.15) is 0 Å². The molecule has 1 fully saturated rings. The third-order valence-corrected chi connectivity index (χ3v) is 4.76. The maximum absolute atomic E-state index is 12.3. The molecule has 1 N–H and O–H groups in total. The summed E-state index contributed by atoms with van der Waals surface area (Å²) in [5, 5.41) is 3.46. The van der Waals surface area contributed by atoms with Gasteiger partial charge in [-0.3, -0.25) is 4.99 Å². The van der Waals surface area contributed by atoms with Crippen LogP contribution in [0.15, 0.2) is 29.3 Å². The molecule has 2 heterocycles. The molecular formula is C21H33IN4O3. The zero-order valence-electron chi connectivity index (χ0n) is 17.8. The summed E-state index contributed by atoms with van der Waals surface area (Å²) in [6.07, 6.45) is 0.672. The van der Waals surface area contributed by atoms with E-state index in [1.807, 2.05) is 39.8 Å². The smallest absolute Gasteiger partial charge is 0.410 e. The van der Waals surface area contributed by atoms with Crippen LogP contribution in [0, 0.1) is 0 Å². The fraction of sp³-hybridized carbons (Fsp3) is 0.619. The molecule has 0 bridgehead atoms. The van der Waals surface area contributed by atoms with Crippen LogP contribution in [0.2, 0.25) is 0 Å². The van der Waals surface area contributed by atoms with Crippen LogP contribution in [0.25, 0.3) is 0 Å². The zero-order valence-corrected chi connectivity index (χ0v) is 20.1. The number of aliphatic imine (C=N–C) groups is 1.